The SMILES string of the molecule is CC(C)CN(C(=O)CSc1nc(C2CCCCC2)n(-c2ccccc2)n1)[C@@H]1CCS(=O)(=O)C1. The molecule has 0 bridgehead atoms. The van der Waals surface area contributed by atoms with Gasteiger partial charge in [-0.1, -0.05) is 63.1 Å². The molecule has 0 spiro atoms. The number of thioether (sulfide) groups is 1. The molecule has 2 aromatic rings. The molecular formula is C24H34N4O3S2. The summed E-state index contributed by atoms with van der Waals surface area (Å²) in [5, 5.41) is 5.38. The topological polar surface area (TPSA) is 85.2 Å². The number of para-hydroxylation sites is 1. The summed E-state index contributed by atoms with van der Waals surface area (Å²) in [6, 6.07) is 9.83. The van der Waals surface area contributed by atoms with E-state index in [4.69, 9.17) is 10.1 Å². The monoisotopic (exact) mass is 490 g/mol. The van der Waals surface area contributed by atoms with Crippen molar-refractivity contribution in [1.82, 2.24) is 19.7 Å². The van der Waals surface area contributed by atoms with Gasteiger partial charge in [-0.25, -0.2) is 18.1 Å². The summed E-state index contributed by atoms with van der Waals surface area (Å²) in [5.74, 6) is 2.06. The molecule has 4 rings (SSSR count). The Morgan fingerprint density at radius 3 is 2.52 bits per heavy atom. The second kappa shape index (κ2) is 10.6. The van der Waals surface area contributed by atoms with Crippen molar-refractivity contribution in [3.63, 3.8) is 0 Å². The van der Waals surface area contributed by atoms with Gasteiger partial charge in [0.1, 0.15) is 5.82 Å². The van der Waals surface area contributed by atoms with Gasteiger partial charge in [0, 0.05) is 18.5 Å². The minimum Gasteiger partial charge on any atom is -0.338 e. The Kier molecular flexibility index (Phi) is 7.79. The fraction of sp³-hybridized carbons (Fsp3) is 0.625. The summed E-state index contributed by atoms with van der Waals surface area (Å²) in [7, 11) is -3.05. The Morgan fingerprint density at radius 1 is 1.15 bits per heavy atom. The van der Waals surface area contributed by atoms with Crippen LogP contribution in [0, 0.1) is 5.92 Å². The lowest BCUT2D eigenvalue weighted by molar-refractivity contribution is -0.130. The highest BCUT2D eigenvalue weighted by molar-refractivity contribution is 7.99. The summed E-state index contributed by atoms with van der Waals surface area (Å²) in [6.07, 6.45) is 6.45. The maximum atomic E-state index is 13.2. The fourth-order valence-corrected chi connectivity index (χ4v) is 7.27. The number of sulfone groups is 1. The molecule has 1 atom stereocenters. The highest BCUT2D eigenvalue weighted by atomic mass is 32.2. The van der Waals surface area contributed by atoms with Gasteiger partial charge in [0.05, 0.1) is 22.9 Å². The van der Waals surface area contributed by atoms with Gasteiger partial charge >= 0.3 is 0 Å². The molecule has 1 aromatic heterocycles. The van der Waals surface area contributed by atoms with Gasteiger partial charge in [0.25, 0.3) is 0 Å². The van der Waals surface area contributed by atoms with Crippen LogP contribution in [0.4, 0.5) is 0 Å². The van der Waals surface area contributed by atoms with E-state index in [2.05, 4.69) is 13.8 Å². The van der Waals surface area contributed by atoms with Crippen LogP contribution in [0.5, 0.6) is 0 Å². The second-order valence-corrected chi connectivity index (χ2v) is 12.8. The molecule has 2 aliphatic rings. The number of carbonyl (C=O) groups is 1. The first-order chi connectivity index (χ1) is 15.8. The Balaban J connectivity index is 1.50. The second-order valence-electron chi connectivity index (χ2n) is 9.62. The lowest BCUT2D eigenvalue weighted by Gasteiger charge is -2.29. The average molecular weight is 491 g/mol. The maximum Gasteiger partial charge on any atom is 0.233 e. The summed E-state index contributed by atoms with van der Waals surface area (Å²) < 4.78 is 25.9. The molecule has 7 nitrogen and oxygen atoms in total. The molecule has 1 aromatic carbocycles. The van der Waals surface area contributed by atoms with Gasteiger partial charge in [0.2, 0.25) is 11.1 Å². The average Bonchev–Trinajstić information content (AvgIpc) is 3.40. The molecule has 1 saturated carbocycles. The van der Waals surface area contributed by atoms with Crippen molar-refractivity contribution < 1.29 is 13.2 Å². The van der Waals surface area contributed by atoms with E-state index in [0.717, 1.165) is 24.4 Å². The van der Waals surface area contributed by atoms with Crippen molar-refractivity contribution in [3.05, 3.63) is 36.2 Å². The minimum atomic E-state index is -3.05. The van der Waals surface area contributed by atoms with E-state index in [0.29, 0.717) is 24.0 Å². The first-order valence-corrected chi connectivity index (χ1v) is 14.8. The van der Waals surface area contributed by atoms with Crippen LogP contribution in [0.2, 0.25) is 0 Å². The molecule has 0 unspecified atom stereocenters. The molecule has 33 heavy (non-hydrogen) atoms. The summed E-state index contributed by atoms with van der Waals surface area (Å²) in [6.45, 7) is 4.67. The van der Waals surface area contributed by atoms with E-state index in [1.807, 2.05) is 35.0 Å². The van der Waals surface area contributed by atoms with Crippen molar-refractivity contribution >= 4 is 27.5 Å². The number of amides is 1. The van der Waals surface area contributed by atoms with E-state index in [1.165, 1.54) is 31.0 Å². The smallest absolute Gasteiger partial charge is 0.233 e. The van der Waals surface area contributed by atoms with Gasteiger partial charge in [-0.05, 0) is 37.3 Å². The largest absolute Gasteiger partial charge is 0.338 e. The molecule has 0 radical (unpaired) electrons. The predicted molar refractivity (Wildman–Crippen MR) is 132 cm³/mol. The number of hydrogen-bond acceptors (Lipinski definition) is 6. The molecular weight excluding hydrogens is 456 g/mol. The van der Waals surface area contributed by atoms with Gasteiger partial charge < -0.3 is 4.90 Å². The van der Waals surface area contributed by atoms with E-state index in [-0.39, 0.29) is 35.1 Å². The number of nitrogens with zero attached hydrogens (tertiary/aromatic N) is 4. The van der Waals surface area contributed by atoms with Gasteiger partial charge in [-0.3, -0.25) is 4.79 Å². The molecule has 1 aliphatic heterocycles. The molecule has 2 heterocycles. The summed E-state index contributed by atoms with van der Waals surface area (Å²) >= 11 is 1.35. The van der Waals surface area contributed by atoms with Gasteiger partial charge in [0.15, 0.2) is 9.84 Å². The van der Waals surface area contributed by atoms with Crippen LogP contribution < -0.4 is 0 Å². The Bertz CT molecular complexity index is 1050. The van der Waals surface area contributed by atoms with Gasteiger partial charge in [-0.2, -0.15) is 0 Å². The predicted octanol–water partition coefficient (Wildman–Crippen LogP) is 4.08. The van der Waals surface area contributed by atoms with Crippen molar-refractivity contribution in [1.29, 1.82) is 0 Å². The Labute approximate surface area is 201 Å². The van der Waals surface area contributed by atoms with Crippen molar-refractivity contribution in [2.45, 2.75) is 69.5 Å². The third-order valence-electron chi connectivity index (χ3n) is 6.44. The zero-order valence-corrected chi connectivity index (χ0v) is 21.2. The lowest BCUT2D eigenvalue weighted by atomic mass is 9.88. The van der Waals surface area contributed by atoms with Crippen molar-refractivity contribution in [2.75, 3.05) is 23.8 Å². The number of benzene rings is 1. The van der Waals surface area contributed by atoms with E-state index in [9.17, 15) is 13.2 Å². The van der Waals surface area contributed by atoms with Crippen LogP contribution in [0.25, 0.3) is 5.69 Å². The molecule has 1 aliphatic carbocycles. The minimum absolute atomic E-state index is 0.0360. The van der Waals surface area contributed by atoms with Crippen LogP contribution in [0.3, 0.4) is 0 Å². The normalized spacial score (nSPS) is 20.9. The number of carbonyl (C=O) groups excluding carboxylic acids is 1. The van der Waals surface area contributed by atoms with Crippen LogP contribution >= 0.6 is 11.8 Å². The van der Waals surface area contributed by atoms with E-state index in [1.54, 1.807) is 4.90 Å². The van der Waals surface area contributed by atoms with E-state index < -0.39 is 9.84 Å². The molecule has 2 fully saturated rings. The highest BCUT2D eigenvalue weighted by Crippen LogP contribution is 2.34. The Hall–Kier alpha value is -1.87. The zero-order chi connectivity index (χ0) is 23.4. The Morgan fingerprint density at radius 2 is 1.88 bits per heavy atom. The fourth-order valence-electron chi connectivity index (χ4n) is 4.83. The van der Waals surface area contributed by atoms with Gasteiger partial charge in [-0.15, -0.1) is 5.10 Å². The van der Waals surface area contributed by atoms with Crippen molar-refractivity contribution in [2.24, 2.45) is 5.92 Å². The maximum absolute atomic E-state index is 13.2. The number of hydrogen-bond donors (Lipinski definition) is 0. The lowest BCUT2D eigenvalue weighted by Crippen LogP contribution is -2.44. The van der Waals surface area contributed by atoms with Crippen LogP contribution in [0.1, 0.15) is 64.1 Å². The first kappa shape index (κ1) is 24.3. The molecule has 1 amide bonds. The number of rotatable bonds is 8. The zero-order valence-electron chi connectivity index (χ0n) is 19.5. The molecule has 1 saturated heterocycles. The molecule has 180 valence electrons. The third kappa shape index (κ3) is 6.18. The summed E-state index contributed by atoms with van der Waals surface area (Å²) in [5.41, 5.74) is 0.987. The van der Waals surface area contributed by atoms with Crippen LogP contribution in [-0.2, 0) is 14.6 Å². The molecule has 0 N–H and O–H groups in total. The first-order valence-electron chi connectivity index (χ1n) is 12.0. The highest BCUT2D eigenvalue weighted by Gasteiger charge is 2.35. The van der Waals surface area contributed by atoms with Crippen LogP contribution in [0.15, 0.2) is 35.5 Å². The standard InChI is InChI=1S/C24H34N4O3S2/c1-18(2)15-27(21-13-14-33(30,31)17-21)22(29)16-32-24-25-23(19-9-5-3-6-10-19)28(26-24)20-11-7-4-8-12-20/h4,7-8,11-12,18-19,21H,3,5-6,9-10,13-17H2,1-2H3/t21-/m1/s1. The van der Waals surface area contributed by atoms with Crippen LogP contribution in [-0.4, -0.2) is 63.8 Å². The third-order valence-corrected chi connectivity index (χ3v) is 9.01. The quantitative estimate of drug-likeness (QED) is 0.519. The number of aromatic nitrogens is 3. The van der Waals surface area contributed by atoms with E-state index >= 15 is 0 Å². The summed E-state index contributed by atoms with van der Waals surface area (Å²) in [4.78, 5) is 19.8. The molecule has 9 heteroatoms. The van der Waals surface area contributed by atoms with Crippen molar-refractivity contribution in [3.8, 4) is 5.69 Å².